The molecule has 164 valence electrons. The minimum atomic E-state index is -4.78. The van der Waals surface area contributed by atoms with Gasteiger partial charge in [0.25, 0.3) is 0 Å². The number of thioether (sulfide) groups is 1. The Balaban J connectivity index is 2.14. The number of amides is 1. The van der Waals surface area contributed by atoms with Crippen molar-refractivity contribution in [3.63, 3.8) is 0 Å². The average molecular weight is 452 g/mol. The van der Waals surface area contributed by atoms with Crippen molar-refractivity contribution < 1.29 is 27.9 Å². The van der Waals surface area contributed by atoms with Crippen LogP contribution in [0.15, 0.2) is 41.6 Å². The highest BCUT2D eigenvalue weighted by atomic mass is 32.2. The predicted octanol–water partition coefficient (Wildman–Crippen LogP) is 3.82. The van der Waals surface area contributed by atoms with Gasteiger partial charge in [0.2, 0.25) is 11.7 Å². The maximum atomic E-state index is 13.8. The Kier molecular flexibility index (Phi) is 5.99. The van der Waals surface area contributed by atoms with Gasteiger partial charge in [0, 0.05) is 5.39 Å². The number of nitrogens with zero attached hydrogens (tertiary/aromatic N) is 3. The van der Waals surface area contributed by atoms with Crippen LogP contribution in [0.5, 0.6) is 0 Å². The van der Waals surface area contributed by atoms with Crippen LogP contribution in [0.1, 0.15) is 25.2 Å². The van der Waals surface area contributed by atoms with Gasteiger partial charge in [-0.05, 0) is 37.8 Å². The van der Waals surface area contributed by atoms with E-state index in [0.717, 1.165) is 27.3 Å². The van der Waals surface area contributed by atoms with Crippen LogP contribution in [-0.2, 0) is 15.8 Å². The Morgan fingerprint density at radius 1 is 1.10 bits per heavy atom. The van der Waals surface area contributed by atoms with Gasteiger partial charge in [0.1, 0.15) is 6.54 Å². The third-order valence-corrected chi connectivity index (χ3v) is 5.68. The van der Waals surface area contributed by atoms with Gasteiger partial charge in [-0.15, -0.1) is 10.2 Å². The summed E-state index contributed by atoms with van der Waals surface area (Å²) in [7, 11) is 0. The molecule has 0 spiro atoms. The average Bonchev–Trinajstić information content (AvgIpc) is 3.09. The molecule has 0 fully saturated rings. The second-order valence-corrected chi connectivity index (χ2v) is 8.87. The molecular weight excluding hydrogens is 433 g/mol. The van der Waals surface area contributed by atoms with Gasteiger partial charge in [-0.1, -0.05) is 42.1 Å². The quantitative estimate of drug-likeness (QED) is 0.552. The number of carboxylic acids is 1. The van der Waals surface area contributed by atoms with Crippen LogP contribution < -0.4 is 5.32 Å². The van der Waals surface area contributed by atoms with Gasteiger partial charge < -0.3 is 10.4 Å². The molecule has 3 aromatic rings. The normalized spacial score (nSPS) is 12.2. The van der Waals surface area contributed by atoms with Crippen molar-refractivity contribution in [2.24, 2.45) is 0 Å². The first kappa shape index (κ1) is 22.6. The van der Waals surface area contributed by atoms with Crippen molar-refractivity contribution in [2.45, 2.75) is 36.9 Å². The van der Waals surface area contributed by atoms with Crippen LogP contribution >= 0.6 is 11.8 Å². The number of rotatable bonds is 6. The zero-order valence-electron chi connectivity index (χ0n) is 16.8. The smallest absolute Gasteiger partial charge is 0.452 e. The summed E-state index contributed by atoms with van der Waals surface area (Å²) in [4.78, 5) is 23.1. The Hall–Kier alpha value is -3.08. The minimum absolute atomic E-state index is 0.142. The maximum absolute atomic E-state index is 13.8. The number of fused-ring (bicyclic) bond motifs is 1. The number of hydrogen-bond acceptors (Lipinski definition) is 5. The molecule has 0 radical (unpaired) electrons. The summed E-state index contributed by atoms with van der Waals surface area (Å²) in [6.07, 6.45) is -4.78. The molecule has 0 saturated carbocycles. The van der Waals surface area contributed by atoms with E-state index in [1.54, 1.807) is 30.3 Å². The fourth-order valence-corrected chi connectivity index (χ4v) is 3.99. The first-order valence-electron chi connectivity index (χ1n) is 9.12. The minimum Gasteiger partial charge on any atom is -0.480 e. The highest BCUT2D eigenvalue weighted by Crippen LogP contribution is 2.39. The Morgan fingerprint density at radius 3 is 2.35 bits per heavy atom. The topological polar surface area (TPSA) is 97.1 Å². The van der Waals surface area contributed by atoms with E-state index in [1.807, 2.05) is 13.0 Å². The number of benzene rings is 2. The second-order valence-electron chi connectivity index (χ2n) is 7.28. The van der Waals surface area contributed by atoms with E-state index in [0.29, 0.717) is 5.39 Å². The summed E-state index contributed by atoms with van der Waals surface area (Å²) in [6.45, 7) is 4.18. The molecule has 3 rings (SSSR count). The van der Waals surface area contributed by atoms with Crippen molar-refractivity contribution in [1.29, 1.82) is 0 Å². The molecule has 1 heterocycles. The number of aryl methyl sites for hydroxylation is 1. The highest BCUT2D eigenvalue weighted by Gasteiger charge is 2.41. The van der Waals surface area contributed by atoms with Crippen LogP contribution in [0.3, 0.4) is 0 Å². The molecule has 0 aliphatic rings. The number of halogens is 3. The lowest BCUT2D eigenvalue weighted by Gasteiger charge is -2.23. The fraction of sp³-hybridized carbons (Fsp3) is 0.300. The third-order valence-electron chi connectivity index (χ3n) is 4.54. The second kappa shape index (κ2) is 8.22. The third kappa shape index (κ3) is 4.66. The first-order valence-corrected chi connectivity index (χ1v) is 9.94. The molecular formula is C20H19F3N4O3S. The Labute approximate surface area is 179 Å². The van der Waals surface area contributed by atoms with Gasteiger partial charge >= 0.3 is 12.1 Å². The molecule has 1 amide bonds. The summed E-state index contributed by atoms with van der Waals surface area (Å²) < 4.78 is 40.8. The van der Waals surface area contributed by atoms with Crippen molar-refractivity contribution in [3.8, 4) is 5.69 Å². The van der Waals surface area contributed by atoms with Gasteiger partial charge in [-0.3, -0.25) is 14.2 Å². The maximum Gasteiger partial charge on any atom is 0.452 e. The Bertz CT molecular complexity index is 1160. The number of carbonyl (C=O) groups excluding carboxylic acids is 1. The molecule has 0 aliphatic carbocycles. The molecule has 31 heavy (non-hydrogen) atoms. The molecule has 0 aliphatic heterocycles. The van der Waals surface area contributed by atoms with Gasteiger partial charge in [0.15, 0.2) is 5.16 Å². The van der Waals surface area contributed by atoms with E-state index >= 15 is 0 Å². The van der Waals surface area contributed by atoms with Crippen molar-refractivity contribution in [2.75, 3.05) is 6.54 Å². The van der Waals surface area contributed by atoms with E-state index in [9.17, 15) is 22.8 Å². The summed E-state index contributed by atoms with van der Waals surface area (Å²) in [5.41, 5.74) is 1.12. The van der Waals surface area contributed by atoms with Crippen LogP contribution in [0.2, 0.25) is 0 Å². The molecule has 1 aromatic heterocycles. The zero-order valence-corrected chi connectivity index (χ0v) is 17.6. The lowest BCUT2D eigenvalue weighted by molar-refractivity contribution is -0.146. The van der Waals surface area contributed by atoms with E-state index in [4.69, 9.17) is 5.11 Å². The first-order chi connectivity index (χ1) is 14.4. The van der Waals surface area contributed by atoms with Gasteiger partial charge in [-0.2, -0.15) is 13.2 Å². The number of carbonyl (C=O) groups is 2. The standard InChI is InChI=1S/C20H19F3N4O3S/c1-11-8-9-14(13-7-5-4-6-12(11)13)27-16(20(21,22)23)25-26-18(27)31-19(2,3)17(30)24-10-15(28)29/h4-9H,10H2,1-3H3,(H,24,30)(H,28,29). The van der Waals surface area contributed by atoms with Crippen molar-refractivity contribution in [3.05, 3.63) is 47.8 Å². The molecule has 2 N–H and O–H groups in total. The molecule has 0 bridgehead atoms. The summed E-state index contributed by atoms with van der Waals surface area (Å²) in [6, 6.07) is 10.3. The highest BCUT2D eigenvalue weighted by molar-refractivity contribution is 8.01. The number of aliphatic carboxylic acids is 1. The molecule has 2 aromatic carbocycles. The van der Waals surface area contributed by atoms with Crippen molar-refractivity contribution in [1.82, 2.24) is 20.1 Å². The fourth-order valence-electron chi connectivity index (χ4n) is 3.01. The van der Waals surface area contributed by atoms with Gasteiger partial charge in [-0.25, -0.2) is 0 Å². The summed E-state index contributed by atoms with van der Waals surface area (Å²) in [5, 5.41) is 19.3. The number of carboxylic acid groups (broad SMARTS) is 1. The Morgan fingerprint density at radius 2 is 1.74 bits per heavy atom. The monoisotopic (exact) mass is 452 g/mol. The van der Waals surface area contributed by atoms with Crippen LogP contribution in [-0.4, -0.2) is 43.0 Å². The van der Waals surface area contributed by atoms with Crippen LogP contribution in [0.25, 0.3) is 16.5 Å². The molecule has 0 unspecified atom stereocenters. The van der Waals surface area contributed by atoms with Crippen molar-refractivity contribution >= 4 is 34.4 Å². The number of nitrogens with one attached hydrogen (secondary N) is 1. The molecule has 7 nitrogen and oxygen atoms in total. The zero-order chi connectivity index (χ0) is 23.0. The van der Waals surface area contributed by atoms with Crippen LogP contribution in [0, 0.1) is 6.92 Å². The van der Waals surface area contributed by atoms with Crippen LogP contribution in [0.4, 0.5) is 13.2 Å². The van der Waals surface area contributed by atoms with E-state index in [1.165, 1.54) is 13.8 Å². The van der Waals surface area contributed by atoms with E-state index in [-0.39, 0.29) is 10.8 Å². The number of aromatic nitrogens is 3. The van der Waals surface area contributed by atoms with E-state index < -0.39 is 35.2 Å². The molecule has 0 atom stereocenters. The predicted molar refractivity (Wildman–Crippen MR) is 109 cm³/mol. The molecule has 11 heteroatoms. The summed E-state index contributed by atoms with van der Waals surface area (Å²) in [5.74, 6) is -3.11. The number of hydrogen-bond donors (Lipinski definition) is 2. The lowest BCUT2D eigenvalue weighted by Crippen LogP contribution is -2.42. The van der Waals surface area contributed by atoms with E-state index in [2.05, 4.69) is 15.5 Å². The number of alkyl halides is 3. The largest absolute Gasteiger partial charge is 0.480 e. The summed E-state index contributed by atoms with van der Waals surface area (Å²) >= 11 is 0.761. The lowest BCUT2D eigenvalue weighted by atomic mass is 10.0. The van der Waals surface area contributed by atoms with Gasteiger partial charge in [0.05, 0.1) is 10.4 Å². The molecule has 0 saturated heterocycles. The SMILES string of the molecule is Cc1ccc(-n2c(SC(C)(C)C(=O)NCC(=O)O)nnc2C(F)(F)F)c2ccccc12.